The second kappa shape index (κ2) is 5.57. The topological polar surface area (TPSA) is 74.5 Å². The van der Waals surface area contributed by atoms with Gasteiger partial charge in [-0.1, -0.05) is 35.5 Å². The van der Waals surface area contributed by atoms with E-state index in [0.717, 1.165) is 24.1 Å². The van der Waals surface area contributed by atoms with Crippen LogP contribution in [0.25, 0.3) is 0 Å². The molecule has 1 aliphatic heterocycles. The lowest BCUT2D eigenvalue weighted by Gasteiger charge is -2.23. The summed E-state index contributed by atoms with van der Waals surface area (Å²) in [4.78, 5) is 17.5. The van der Waals surface area contributed by atoms with Gasteiger partial charge in [0, 0.05) is 6.42 Å². The number of carbonyl (C=O) groups excluding carboxylic acids is 1. The van der Waals surface area contributed by atoms with E-state index in [9.17, 15) is 10.1 Å². The summed E-state index contributed by atoms with van der Waals surface area (Å²) in [7, 11) is 0. The Morgan fingerprint density at radius 2 is 2.05 bits per heavy atom. The van der Waals surface area contributed by atoms with E-state index in [1.807, 2.05) is 30.3 Å². The Morgan fingerprint density at radius 3 is 2.71 bits per heavy atom. The molecule has 1 amide bonds. The summed E-state index contributed by atoms with van der Waals surface area (Å²) in [6.07, 6.45) is 3.20. The van der Waals surface area contributed by atoms with Crippen molar-refractivity contribution in [3.63, 3.8) is 0 Å². The number of hydrogen-bond donors (Lipinski definition) is 1. The van der Waals surface area contributed by atoms with Crippen molar-refractivity contribution < 1.29 is 9.63 Å². The molecule has 0 unspecified atom stereocenters. The van der Waals surface area contributed by atoms with Gasteiger partial charge in [0.25, 0.3) is 5.91 Å². The lowest BCUT2D eigenvalue weighted by molar-refractivity contribution is -0.132. The number of benzene rings is 1. The number of amides is 1. The molecule has 0 spiro atoms. The highest BCUT2D eigenvalue weighted by Gasteiger charge is 2.39. The van der Waals surface area contributed by atoms with Gasteiger partial charge in [0.05, 0.1) is 11.8 Å². The minimum atomic E-state index is -0.712. The van der Waals surface area contributed by atoms with Gasteiger partial charge in [-0.3, -0.25) is 4.79 Å². The normalized spacial score (nSPS) is 23.0. The molecule has 108 valence electrons. The molecular weight excluding hydrogens is 266 g/mol. The van der Waals surface area contributed by atoms with Gasteiger partial charge in [-0.2, -0.15) is 5.26 Å². The van der Waals surface area contributed by atoms with Crippen LogP contribution in [-0.2, 0) is 9.63 Å². The molecule has 0 aromatic heterocycles. The van der Waals surface area contributed by atoms with Crippen LogP contribution in [0.4, 0.5) is 0 Å². The first-order chi connectivity index (χ1) is 10.2. The van der Waals surface area contributed by atoms with Gasteiger partial charge in [-0.05, 0) is 31.2 Å². The number of hydrogen-bond acceptors (Lipinski definition) is 4. The van der Waals surface area contributed by atoms with Crippen LogP contribution in [-0.4, -0.2) is 23.3 Å². The third-order valence-electron chi connectivity index (χ3n) is 4.10. The molecule has 1 heterocycles. The summed E-state index contributed by atoms with van der Waals surface area (Å²) >= 11 is 0. The molecule has 1 atom stereocenters. The van der Waals surface area contributed by atoms with Crippen LogP contribution < -0.4 is 5.32 Å². The van der Waals surface area contributed by atoms with Crippen molar-refractivity contribution in [3.8, 4) is 6.07 Å². The molecule has 1 aromatic rings. The maximum absolute atomic E-state index is 12.3. The van der Waals surface area contributed by atoms with Gasteiger partial charge in [0.1, 0.15) is 5.54 Å². The van der Waals surface area contributed by atoms with Crippen molar-refractivity contribution in [2.45, 2.75) is 43.7 Å². The maximum atomic E-state index is 12.3. The van der Waals surface area contributed by atoms with E-state index in [0.29, 0.717) is 19.3 Å². The molecular formula is C16H17N3O2. The van der Waals surface area contributed by atoms with E-state index in [2.05, 4.69) is 16.5 Å². The van der Waals surface area contributed by atoms with Crippen molar-refractivity contribution in [2.24, 2.45) is 5.16 Å². The molecule has 1 aliphatic carbocycles. The van der Waals surface area contributed by atoms with Crippen LogP contribution in [0, 0.1) is 11.3 Å². The van der Waals surface area contributed by atoms with Crippen LogP contribution in [0.2, 0.25) is 0 Å². The van der Waals surface area contributed by atoms with Crippen LogP contribution >= 0.6 is 0 Å². The molecule has 3 rings (SSSR count). The van der Waals surface area contributed by atoms with Gasteiger partial charge in [0.2, 0.25) is 6.10 Å². The lowest BCUT2D eigenvalue weighted by atomic mass is 9.98. The van der Waals surface area contributed by atoms with Crippen LogP contribution in [0.5, 0.6) is 0 Å². The Kier molecular flexibility index (Phi) is 3.61. The number of carbonyl (C=O) groups is 1. The Balaban J connectivity index is 1.63. The second-order valence-corrected chi connectivity index (χ2v) is 5.59. The smallest absolute Gasteiger partial charge is 0.265 e. The number of oxime groups is 1. The summed E-state index contributed by atoms with van der Waals surface area (Å²) in [6.45, 7) is 0. The molecule has 5 heteroatoms. The fourth-order valence-corrected chi connectivity index (χ4v) is 2.88. The minimum absolute atomic E-state index is 0.242. The third-order valence-corrected chi connectivity index (χ3v) is 4.10. The molecule has 2 aliphatic rings. The molecule has 1 saturated carbocycles. The van der Waals surface area contributed by atoms with Crippen LogP contribution in [0.1, 0.15) is 37.7 Å². The quantitative estimate of drug-likeness (QED) is 0.923. The number of nitriles is 1. The monoisotopic (exact) mass is 283 g/mol. The van der Waals surface area contributed by atoms with E-state index < -0.39 is 11.6 Å². The van der Waals surface area contributed by atoms with Crippen molar-refractivity contribution in [1.29, 1.82) is 5.26 Å². The van der Waals surface area contributed by atoms with E-state index in [1.165, 1.54) is 0 Å². The average Bonchev–Trinajstić information content (AvgIpc) is 3.18. The first-order valence-corrected chi connectivity index (χ1v) is 7.24. The van der Waals surface area contributed by atoms with E-state index in [-0.39, 0.29) is 5.91 Å². The fraction of sp³-hybridized carbons (Fsp3) is 0.438. The van der Waals surface area contributed by atoms with E-state index >= 15 is 0 Å². The van der Waals surface area contributed by atoms with Gasteiger partial charge in [0.15, 0.2) is 0 Å². The highest BCUT2D eigenvalue weighted by molar-refractivity contribution is 6.04. The van der Waals surface area contributed by atoms with Crippen LogP contribution in [0.15, 0.2) is 35.5 Å². The zero-order valence-electron chi connectivity index (χ0n) is 11.7. The molecule has 0 bridgehead atoms. The average molecular weight is 283 g/mol. The van der Waals surface area contributed by atoms with E-state index in [1.54, 1.807) is 0 Å². The fourth-order valence-electron chi connectivity index (χ4n) is 2.88. The predicted molar refractivity (Wildman–Crippen MR) is 77.4 cm³/mol. The van der Waals surface area contributed by atoms with Gasteiger partial charge < -0.3 is 10.2 Å². The summed E-state index contributed by atoms with van der Waals surface area (Å²) in [5, 5.41) is 16.2. The summed E-state index contributed by atoms with van der Waals surface area (Å²) in [6, 6.07) is 11.9. The Hall–Kier alpha value is -2.35. The molecule has 1 aromatic carbocycles. The third kappa shape index (κ3) is 2.75. The zero-order chi connectivity index (χ0) is 14.7. The minimum Gasteiger partial charge on any atom is -0.382 e. The van der Waals surface area contributed by atoms with Gasteiger partial charge >= 0.3 is 0 Å². The first-order valence-electron chi connectivity index (χ1n) is 7.24. The Morgan fingerprint density at radius 1 is 1.33 bits per heavy atom. The SMILES string of the molecule is N#CC1(NC(=O)[C@H]2CC(c3ccccc3)=NO2)CCCC1. The van der Waals surface area contributed by atoms with Crippen LogP contribution in [0.3, 0.4) is 0 Å². The highest BCUT2D eigenvalue weighted by Crippen LogP contribution is 2.29. The molecule has 0 radical (unpaired) electrons. The summed E-state index contributed by atoms with van der Waals surface area (Å²) < 4.78 is 0. The number of nitrogens with zero attached hydrogens (tertiary/aromatic N) is 2. The Labute approximate surface area is 123 Å². The van der Waals surface area contributed by atoms with Gasteiger partial charge in [-0.15, -0.1) is 0 Å². The van der Waals surface area contributed by atoms with Crippen molar-refractivity contribution in [1.82, 2.24) is 5.32 Å². The Bertz CT molecular complexity index is 598. The largest absolute Gasteiger partial charge is 0.382 e. The van der Waals surface area contributed by atoms with Crippen molar-refractivity contribution in [2.75, 3.05) is 0 Å². The van der Waals surface area contributed by atoms with Crippen molar-refractivity contribution in [3.05, 3.63) is 35.9 Å². The first kappa shape index (κ1) is 13.6. The zero-order valence-corrected chi connectivity index (χ0v) is 11.7. The molecule has 1 N–H and O–H groups in total. The lowest BCUT2D eigenvalue weighted by Crippen LogP contribution is -2.49. The highest BCUT2D eigenvalue weighted by atomic mass is 16.6. The second-order valence-electron chi connectivity index (χ2n) is 5.59. The maximum Gasteiger partial charge on any atom is 0.265 e. The summed E-state index contributed by atoms with van der Waals surface area (Å²) in [5.41, 5.74) is 1.02. The van der Waals surface area contributed by atoms with Gasteiger partial charge in [-0.25, -0.2) is 0 Å². The molecule has 1 fully saturated rings. The molecule has 5 nitrogen and oxygen atoms in total. The number of rotatable bonds is 3. The van der Waals surface area contributed by atoms with Crippen molar-refractivity contribution >= 4 is 11.6 Å². The molecule has 0 saturated heterocycles. The predicted octanol–water partition coefficient (Wildman–Crippen LogP) is 2.13. The van der Waals surface area contributed by atoms with E-state index in [4.69, 9.17) is 4.84 Å². The standard InChI is InChI=1S/C16H17N3O2/c17-11-16(8-4-5-9-16)18-15(20)14-10-13(19-21-14)12-6-2-1-3-7-12/h1-3,6-7,14H,4-5,8-10H2,(H,18,20)/t14-/m1/s1. The molecule has 21 heavy (non-hydrogen) atoms. The summed E-state index contributed by atoms with van der Waals surface area (Å²) in [5.74, 6) is -0.242. The number of nitrogens with one attached hydrogen (secondary N) is 1.